The van der Waals surface area contributed by atoms with Gasteiger partial charge in [-0.05, 0) is 30.7 Å². The van der Waals surface area contributed by atoms with Gasteiger partial charge in [0.1, 0.15) is 0 Å². The van der Waals surface area contributed by atoms with Crippen molar-refractivity contribution in [1.82, 2.24) is 5.32 Å². The number of ether oxygens (including phenoxy) is 4. The van der Waals surface area contributed by atoms with Crippen molar-refractivity contribution in [3.05, 3.63) is 23.8 Å². The van der Waals surface area contributed by atoms with Crippen LogP contribution in [-0.4, -0.2) is 47.0 Å². The lowest BCUT2D eigenvalue weighted by Gasteiger charge is -2.13. The first kappa shape index (κ1) is 17.8. The van der Waals surface area contributed by atoms with Crippen LogP contribution < -0.4 is 19.5 Å². The predicted molar refractivity (Wildman–Crippen MR) is 84.6 cm³/mol. The van der Waals surface area contributed by atoms with E-state index in [0.717, 1.165) is 5.56 Å². The van der Waals surface area contributed by atoms with Crippen LogP contribution in [-0.2, 0) is 9.53 Å². The smallest absolute Gasteiger partial charge is 0.244 e. The van der Waals surface area contributed by atoms with Crippen molar-refractivity contribution < 1.29 is 23.7 Å². The van der Waals surface area contributed by atoms with E-state index < -0.39 is 0 Å². The molecule has 6 nitrogen and oxygen atoms in total. The van der Waals surface area contributed by atoms with Crippen LogP contribution in [0, 0.1) is 0 Å². The molecule has 1 N–H and O–H groups in total. The van der Waals surface area contributed by atoms with Gasteiger partial charge < -0.3 is 24.3 Å². The van der Waals surface area contributed by atoms with E-state index in [1.165, 1.54) is 6.08 Å². The van der Waals surface area contributed by atoms with Crippen LogP contribution in [0.1, 0.15) is 12.5 Å². The summed E-state index contributed by atoms with van der Waals surface area (Å²) in [5, 5.41) is 2.79. The quantitative estimate of drug-likeness (QED) is 0.743. The van der Waals surface area contributed by atoms with Gasteiger partial charge in [-0.25, -0.2) is 0 Å². The molecule has 1 rings (SSSR count). The summed E-state index contributed by atoms with van der Waals surface area (Å²) in [7, 11) is 6.22. The summed E-state index contributed by atoms with van der Waals surface area (Å²) < 4.78 is 20.8. The van der Waals surface area contributed by atoms with Gasteiger partial charge in [0.15, 0.2) is 11.5 Å². The third-order valence-corrected chi connectivity index (χ3v) is 2.92. The number of benzene rings is 1. The van der Waals surface area contributed by atoms with E-state index in [2.05, 4.69) is 5.32 Å². The highest BCUT2D eigenvalue weighted by Crippen LogP contribution is 2.38. The van der Waals surface area contributed by atoms with Crippen molar-refractivity contribution in [3.63, 3.8) is 0 Å². The predicted octanol–water partition coefficient (Wildman–Crippen LogP) is 1.88. The molecule has 0 unspecified atom stereocenters. The summed E-state index contributed by atoms with van der Waals surface area (Å²) in [5.74, 6) is 1.39. The molecule has 1 aromatic carbocycles. The molecule has 0 aliphatic heterocycles. The Morgan fingerprint density at radius 3 is 2.18 bits per heavy atom. The van der Waals surface area contributed by atoms with Crippen LogP contribution in [0.5, 0.6) is 17.2 Å². The average Bonchev–Trinajstić information content (AvgIpc) is 2.51. The first-order chi connectivity index (χ1) is 10.5. The number of hydrogen-bond donors (Lipinski definition) is 1. The van der Waals surface area contributed by atoms with Crippen LogP contribution in [0.2, 0.25) is 0 Å². The fraction of sp³-hybridized carbons (Fsp3) is 0.438. The number of rotatable bonds is 8. The van der Waals surface area contributed by atoms with Crippen LogP contribution in [0.25, 0.3) is 6.08 Å². The highest BCUT2D eigenvalue weighted by Gasteiger charge is 2.12. The van der Waals surface area contributed by atoms with E-state index in [9.17, 15) is 4.79 Å². The number of carbonyl (C=O) groups excluding carboxylic acids is 1. The number of carbonyl (C=O) groups is 1. The molecule has 0 aromatic heterocycles. The van der Waals surface area contributed by atoms with Crippen LogP contribution >= 0.6 is 0 Å². The second-order valence-corrected chi connectivity index (χ2v) is 4.66. The summed E-state index contributed by atoms with van der Waals surface area (Å²) in [5.41, 5.74) is 0.768. The zero-order valence-corrected chi connectivity index (χ0v) is 13.6. The zero-order chi connectivity index (χ0) is 16.5. The first-order valence-corrected chi connectivity index (χ1v) is 6.83. The molecule has 0 bridgehead atoms. The average molecular weight is 309 g/mol. The second kappa shape index (κ2) is 8.94. The SMILES string of the molecule is COC[C@H](C)NC(=O)/C=C/c1cc(OC)c(OC)c(OC)c1. The van der Waals surface area contributed by atoms with Gasteiger partial charge in [-0.1, -0.05) is 0 Å². The Morgan fingerprint density at radius 1 is 1.14 bits per heavy atom. The van der Waals surface area contributed by atoms with E-state index >= 15 is 0 Å². The Bertz CT molecular complexity index is 502. The third-order valence-electron chi connectivity index (χ3n) is 2.92. The minimum atomic E-state index is -0.196. The van der Waals surface area contributed by atoms with Gasteiger partial charge in [-0.3, -0.25) is 4.79 Å². The van der Waals surface area contributed by atoms with E-state index in [4.69, 9.17) is 18.9 Å². The van der Waals surface area contributed by atoms with E-state index in [1.807, 2.05) is 6.92 Å². The fourth-order valence-corrected chi connectivity index (χ4v) is 1.95. The molecule has 1 aromatic rings. The molecule has 0 saturated carbocycles. The summed E-state index contributed by atoms with van der Waals surface area (Å²) in [4.78, 5) is 11.8. The second-order valence-electron chi connectivity index (χ2n) is 4.66. The van der Waals surface area contributed by atoms with Gasteiger partial charge in [0.25, 0.3) is 0 Å². The van der Waals surface area contributed by atoms with E-state index in [-0.39, 0.29) is 11.9 Å². The highest BCUT2D eigenvalue weighted by atomic mass is 16.5. The number of amides is 1. The summed E-state index contributed by atoms with van der Waals surface area (Å²) >= 11 is 0. The minimum absolute atomic E-state index is 0.0536. The molecule has 0 radical (unpaired) electrons. The summed E-state index contributed by atoms with van der Waals surface area (Å²) in [6.45, 7) is 2.33. The van der Waals surface area contributed by atoms with Crippen molar-refractivity contribution in [2.75, 3.05) is 35.0 Å². The molecule has 6 heteroatoms. The van der Waals surface area contributed by atoms with Crippen LogP contribution in [0.4, 0.5) is 0 Å². The highest BCUT2D eigenvalue weighted by molar-refractivity contribution is 5.92. The maximum atomic E-state index is 11.8. The zero-order valence-electron chi connectivity index (χ0n) is 13.6. The minimum Gasteiger partial charge on any atom is -0.493 e. The van der Waals surface area contributed by atoms with Crippen molar-refractivity contribution in [2.24, 2.45) is 0 Å². The normalized spacial score (nSPS) is 12.0. The number of nitrogens with one attached hydrogen (secondary N) is 1. The van der Waals surface area contributed by atoms with Gasteiger partial charge in [0.05, 0.1) is 27.9 Å². The lowest BCUT2D eigenvalue weighted by Crippen LogP contribution is -2.34. The summed E-state index contributed by atoms with van der Waals surface area (Å²) in [6, 6.07) is 3.48. The van der Waals surface area contributed by atoms with Gasteiger partial charge in [0, 0.05) is 19.2 Å². The van der Waals surface area contributed by atoms with E-state index in [0.29, 0.717) is 23.9 Å². The number of methoxy groups -OCH3 is 4. The monoisotopic (exact) mass is 309 g/mol. The fourth-order valence-electron chi connectivity index (χ4n) is 1.95. The molecular weight excluding hydrogens is 286 g/mol. The summed E-state index contributed by atoms with van der Waals surface area (Å²) in [6.07, 6.45) is 3.13. The molecule has 122 valence electrons. The molecule has 0 aliphatic rings. The van der Waals surface area contributed by atoms with Crippen molar-refractivity contribution in [1.29, 1.82) is 0 Å². The molecule has 0 aliphatic carbocycles. The Hall–Kier alpha value is -2.21. The van der Waals surface area contributed by atoms with Crippen molar-refractivity contribution >= 4 is 12.0 Å². The molecule has 0 heterocycles. The first-order valence-electron chi connectivity index (χ1n) is 6.83. The maximum Gasteiger partial charge on any atom is 0.244 e. The molecule has 0 spiro atoms. The molecular formula is C16H23NO5. The van der Waals surface area contributed by atoms with Gasteiger partial charge in [0.2, 0.25) is 11.7 Å². The van der Waals surface area contributed by atoms with Crippen molar-refractivity contribution in [2.45, 2.75) is 13.0 Å². The molecule has 22 heavy (non-hydrogen) atoms. The molecule has 0 saturated heterocycles. The largest absolute Gasteiger partial charge is 0.493 e. The van der Waals surface area contributed by atoms with Gasteiger partial charge >= 0.3 is 0 Å². The maximum absolute atomic E-state index is 11.8. The Balaban J connectivity index is 2.89. The topological polar surface area (TPSA) is 66.0 Å². The van der Waals surface area contributed by atoms with Gasteiger partial charge in [-0.2, -0.15) is 0 Å². The molecule has 1 atom stereocenters. The lowest BCUT2D eigenvalue weighted by molar-refractivity contribution is -0.117. The Kier molecular flexibility index (Phi) is 7.25. The standard InChI is InChI=1S/C16H23NO5/c1-11(10-19-2)17-15(18)7-6-12-8-13(20-3)16(22-5)14(9-12)21-4/h6-9,11H,10H2,1-5H3,(H,17,18)/b7-6+/t11-/m0/s1. The number of hydrogen-bond acceptors (Lipinski definition) is 5. The molecule has 0 fully saturated rings. The Morgan fingerprint density at radius 2 is 1.73 bits per heavy atom. The van der Waals surface area contributed by atoms with E-state index in [1.54, 1.807) is 46.6 Å². The third kappa shape index (κ3) is 4.96. The Labute approximate surface area is 131 Å². The van der Waals surface area contributed by atoms with Crippen molar-refractivity contribution in [3.8, 4) is 17.2 Å². The lowest BCUT2D eigenvalue weighted by atomic mass is 10.1. The van der Waals surface area contributed by atoms with Gasteiger partial charge in [-0.15, -0.1) is 0 Å². The van der Waals surface area contributed by atoms with Crippen LogP contribution in [0.3, 0.4) is 0 Å². The van der Waals surface area contributed by atoms with Crippen LogP contribution in [0.15, 0.2) is 18.2 Å². The molecule has 1 amide bonds.